The van der Waals surface area contributed by atoms with Crippen molar-refractivity contribution in [2.75, 3.05) is 17.9 Å². The van der Waals surface area contributed by atoms with Crippen LogP contribution in [-0.4, -0.2) is 18.0 Å². The molecule has 0 radical (unpaired) electrons. The number of aryl methyl sites for hydroxylation is 1. The largest absolute Gasteiger partial charge is 0.495 e. The lowest BCUT2D eigenvalue weighted by atomic mass is 10.2. The molecule has 0 bridgehead atoms. The number of hydrogen-bond donors (Lipinski definition) is 3. The first kappa shape index (κ1) is 13.8. The third kappa shape index (κ3) is 2.86. The Morgan fingerprint density at radius 1 is 1.30 bits per heavy atom. The van der Waals surface area contributed by atoms with Crippen LogP contribution in [0.2, 0.25) is 0 Å². The second kappa shape index (κ2) is 6.03. The number of carbonyl (C=O) groups is 1. The van der Waals surface area contributed by atoms with Gasteiger partial charge >= 0.3 is 0 Å². The molecular weight excluding hydrogens is 256 g/mol. The van der Waals surface area contributed by atoms with Crippen LogP contribution in [0.3, 0.4) is 0 Å². The predicted octanol–water partition coefficient (Wildman–Crippen LogP) is 1.94. The lowest BCUT2D eigenvalue weighted by molar-refractivity contribution is 0.102. The Labute approximate surface area is 116 Å². The van der Waals surface area contributed by atoms with Crippen LogP contribution in [0.25, 0.3) is 0 Å². The van der Waals surface area contributed by atoms with E-state index in [0.29, 0.717) is 22.7 Å². The summed E-state index contributed by atoms with van der Waals surface area (Å²) in [5.74, 6) is 5.66. The van der Waals surface area contributed by atoms with E-state index >= 15 is 0 Å². The van der Waals surface area contributed by atoms with E-state index in [0.717, 1.165) is 5.56 Å². The highest BCUT2D eigenvalue weighted by Crippen LogP contribution is 2.26. The van der Waals surface area contributed by atoms with Crippen LogP contribution < -0.4 is 21.3 Å². The van der Waals surface area contributed by atoms with Gasteiger partial charge in [-0.25, -0.2) is 0 Å². The molecule has 0 spiro atoms. The molecule has 1 heterocycles. The van der Waals surface area contributed by atoms with Crippen LogP contribution in [0.15, 0.2) is 36.7 Å². The second-order valence-corrected chi connectivity index (χ2v) is 4.22. The van der Waals surface area contributed by atoms with Crippen molar-refractivity contribution < 1.29 is 9.53 Å². The summed E-state index contributed by atoms with van der Waals surface area (Å²) in [6, 6.07) is 7.17. The minimum absolute atomic E-state index is 0.310. The summed E-state index contributed by atoms with van der Waals surface area (Å²) in [6.07, 6.45) is 3.01. The smallest absolute Gasteiger partial charge is 0.259 e. The topological polar surface area (TPSA) is 89.3 Å². The van der Waals surface area contributed by atoms with Gasteiger partial charge in [-0.1, -0.05) is 6.07 Å². The molecule has 2 aromatic rings. The highest BCUT2D eigenvalue weighted by molar-refractivity contribution is 6.08. The number of amides is 1. The highest BCUT2D eigenvalue weighted by Gasteiger charge is 2.13. The number of rotatable bonds is 4. The number of nitrogens with zero attached hydrogens (tertiary/aromatic N) is 1. The third-order valence-electron chi connectivity index (χ3n) is 2.82. The van der Waals surface area contributed by atoms with Crippen molar-refractivity contribution in [2.45, 2.75) is 6.92 Å². The van der Waals surface area contributed by atoms with Gasteiger partial charge in [-0.2, -0.15) is 0 Å². The number of hydrazine groups is 1. The van der Waals surface area contributed by atoms with Crippen LogP contribution in [-0.2, 0) is 0 Å². The molecule has 0 saturated carbocycles. The van der Waals surface area contributed by atoms with Crippen molar-refractivity contribution >= 4 is 17.3 Å². The first-order chi connectivity index (χ1) is 9.65. The predicted molar refractivity (Wildman–Crippen MR) is 77.7 cm³/mol. The molecule has 0 aliphatic carbocycles. The summed E-state index contributed by atoms with van der Waals surface area (Å²) < 4.78 is 5.22. The maximum atomic E-state index is 12.3. The number of benzene rings is 1. The van der Waals surface area contributed by atoms with Gasteiger partial charge in [0.2, 0.25) is 0 Å². The number of aromatic nitrogens is 1. The standard InChI is InChI=1S/C14H16N4O2/c1-9-3-4-13(20-2)12(7-9)17-14(19)10-8-16-6-5-11(10)18-15/h3-8H,15H2,1-2H3,(H,16,18)(H,17,19). The first-order valence-electron chi connectivity index (χ1n) is 6.02. The molecule has 0 aliphatic rings. The Morgan fingerprint density at radius 2 is 2.10 bits per heavy atom. The molecule has 0 fully saturated rings. The molecule has 104 valence electrons. The quantitative estimate of drug-likeness (QED) is 0.584. The second-order valence-electron chi connectivity index (χ2n) is 4.22. The van der Waals surface area contributed by atoms with E-state index in [-0.39, 0.29) is 5.91 Å². The minimum Gasteiger partial charge on any atom is -0.495 e. The fraction of sp³-hybridized carbons (Fsp3) is 0.143. The van der Waals surface area contributed by atoms with E-state index in [1.807, 2.05) is 19.1 Å². The van der Waals surface area contributed by atoms with E-state index in [1.54, 1.807) is 25.4 Å². The lowest BCUT2D eigenvalue weighted by Gasteiger charge is -2.12. The van der Waals surface area contributed by atoms with Gasteiger partial charge in [0.1, 0.15) is 5.75 Å². The molecule has 6 heteroatoms. The number of hydrogen-bond acceptors (Lipinski definition) is 5. The zero-order valence-corrected chi connectivity index (χ0v) is 11.3. The molecule has 20 heavy (non-hydrogen) atoms. The fourth-order valence-electron chi connectivity index (χ4n) is 1.81. The zero-order chi connectivity index (χ0) is 14.5. The summed E-state index contributed by atoms with van der Waals surface area (Å²) in [7, 11) is 1.55. The van der Waals surface area contributed by atoms with Gasteiger partial charge in [0.15, 0.2) is 0 Å². The van der Waals surface area contributed by atoms with Gasteiger partial charge in [-0.3, -0.25) is 15.6 Å². The zero-order valence-electron chi connectivity index (χ0n) is 11.3. The Morgan fingerprint density at radius 3 is 2.80 bits per heavy atom. The molecule has 1 aromatic heterocycles. The van der Waals surface area contributed by atoms with Crippen molar-refractivity contribution in [3.05, 3.63) is 47.8 Å². The molecule has 0 unspecified atom stereocenters. The van der Waals surface area contributed by atoms with Crippen LogP contribution in [0.1, 0.15) is 15.9 Å². The molecule has 6 nitrogen and oxygen atoms in total. The normalized spacial score (nSPS) is 9.95. The van der Waals surface area contributed by atoms with Crippen molar-refractivity contribution in [3.63, 3.8) is 0 Å². The van der Waals surface area contributed by atoms with Gasteiger partial charge < -0.3 is 15.5 Å². The van der Waals surface area contributed by atoms with Gasteiger partial charge in [0, 0.05) is 12.4 Å². The lowest BCUT2D eigenvalue weighted by Crippen LogP contribution is -2.18. The van der Waals surface area contributed by atoms with E-state index in [2.05, 4.69) is 15.7 Å². The first-order valence-corrected chi connectivity index (χ1v) is 6.02. The summed E-state index contributed by atoms with van der Waals surface area (Å²) >= 11 is 0. The Kier molecular flexibility index (Phi) is 4.17. The van der Waals surface area contributed by atoms with Crippen molar-refractivity contribution in [1.29, 1.82) is 0 Å². The number of anilines is 2. The summed E-state index contributed by atoms with van der Waals surface area (Å²) in [5, 5.41) is 2.79. The molecule has 0 aliphatic heterocycles. The van der Waals surface area contributed by atoms with Crippen molar-refractivity contribution in [1.82, 2.24) is 4.98 Å². The number of methoxy groups -OCH3 is 1. The van der Waals surface area contributed by atoms with E-state index in [9.17, 15) is 4.79 Å². The molecule has 4 N–H and O–H groups in total. The number of pyridine rings is 1. The van der Waals surface area contributed by atoms with Crippen LogP contribution in [0.5, 0.6) is 5.75 Å². The number of nitrogens with two attached hydrogens (primary N) is 1. The Balaban J connectivity index is 2.30. The number of carbonyl (C=O) groups excluding carboxylic acids is 1. The van der Waals surface area contributed by atoms with Gasteiger partial charge in [-0.05, 0) is 30.7 Å². The maximum Gasteiger partial charge on any atom is 0.259 e. The fourth-order valence-corrected chi connectivity index (χ4v) is 1.81. The van der Waals surface area contributed by atoms with E-state index < -0.39 is 0 Å². The maximum absolute atomic E-state index is 12.3. The number of nitrogens with one attached hydrogen (secondary N) is 2. The summed E-state index contributed by atoms with van der Waals surface area (Å²) in [6.45, 7) is 1.94. The number of nitrogen functional groups attached to an aromatic ring is 1. The van der Waals surface area contributed by atoms with Gasteiger partial charge in [0.05, 0.1) is 24.0 Å². The Hall–Kier alpha value is -2.60. The van der Waals surface area contributed by atoms with E-state index in [1.165, 1.54) is 6.20 Å². The van der Waals surface area contributed by atoms with Crippen molar-refractivity contribution in [2.24, 2.45) is 5.84 Å². The molecule has 0 saturated heterocycles. The SMILES string of the molecule is COc1ccc(C)cc1NC(=O)c1cnccc1NN. The third-order valence-corrected chi connectivity index (χ3v) is 2.82. The summed E-state index contributed by atoms with van der Waals surface area (Å²) in [4.78, 5) is 16.2. The van der Waals surface area contributed by atoms with Crippen LogP contribution in [0.4, 0.5) is 11.4 Å². The minimum atomic E-state index is -0.310. The van der Waals surface area contributed by atoms with Crippen LogP contribution >= 0.6 is 0 Å². The average Bonchev–Trinajstić information content (AvgIpc) is 2.47. The molecular formula is C14H16N4O2. The molecule has 2 rings (SSSR count). The molecule has 1 amide bonds. The average molecular weight is 272 g/mol. The monoisotopic (exact) mass is 272 g/mol. The van der Waals surface area contributed by atoms with E-state index in [4.69, 9.17) is 10.6 Å². The Bertz CT molecular complexity index is 628. The molecule has 0 atom stereocenters. The highest BCUT2D eigenvalue weighted by atomic mass is 16.5. The van der Waals surface area contributed by atoms with Crippen molar-refractivity contribution in [3.8, 4) is 5.75 Å². The molecule has 1 aromatic carbocycles. The van der Waals surface area contributed by atoms with Gasteiger partial charge in [0.25, 0.3) is 5.91 Å². The van der Waals surface area contributed by atoms with Crippen LogP contribution in [0, 0.1) is 6.92 Å². The summed E-state index contributed by atoms with van der Waals surface area (Å²) in [5.41, 5.74) is 4.95. The number of ether oxygens (including phenoxy) is 1. The van der Waals surface area contributed by atoms with Gasteiger partial charge in [-0.15, -0.1) is 0 Å².